The molecular formula is C34H28N2O6. The molecule has 2 aliphatic carbocycles. The van der Waals surface area contributed by atoms with Crippen molar-refractivity contribution in [2.75, 3.05) is 18.6 Å². The normalized spacial score (nSPS) is 22.5. The molecule has 4 aromatic rings. The van der Waals surface area contributed by atoms with Crippen LogP contribution in [0.1, 0.15) is 40.0 Å². The number of benzene rings is 3. The molecule has 0 radical (unpaired) electrons. The van der Waals surface area contributed by atoms with E-state index < -0.39 is 12.6 Å². The van der Waals surface area contributed by atoms with Crippen molar-refractivity contribution < 1.29 is 28.7 Å². The number of carbonyl (C=O) groups excluding carboxylic acids is 4. The number of amides is 2. The van der Waals surface area contributed by atoms with E-state index in [0.29, 0.717) is 51.0 Å². The van der Waals surface area contributed by atoms with Crippen LogP contribution in [0.15, 0.2) is 78.9 Å². The van der Waals surface area contributed by atoms with Crippen molar-refractivity contribution in [3.05, 3.63) is 90.0 Å². The number of esters is 1. The van der Waals surface area contributed by atoms with Crippen LogP contribution in [0.5, 0.6) is 5.75 Å². The standard InChI is InChI=1S/C34H28N2O6/c1-41-24-14-10-20(11-15-24)29(37)18-42-34(40)26-17-28(35-27-5-3-2-4-25(26)27)19-8-12-23(13-9-19)36-32(38)30-21-6-7-22(16-21)31(30)33(36)39/h2-5,8-15,17,21-22,30-31H,6-7,16,18H2,1H3. The van der Waals surface area contributed by atoms with Gasteiger partial charge in [0.15, 0.2) is 12.4 Å². The molecule has 1 aromatic heterocycles. The molecule has 4 atom stereocenters. The zero-order chi connectivity index (χ0) is 29.0. The van der Waals surface area contributed by atoms with E-state index in [4.69, 9.17) is 14.5 Å². The van der Waals surface area contributed by atoms with E-state index in [1.54, 1.807) is 73.8 Å². The molecule has 8 heteroatoms. The first-order valence-electron chi connectivity index (χ1n) is 14.2. The third-order valence-corrected chi connectivity index (χ3v) is 9.03. The number of rotatable bonds is 7. The summed E-state index contributed by atoms with van der Waals surface area (Å²) in [5.41, 5.74) is 3.10. The molecule has 0 N–H and O–H groups in total. The summed E-state index contributed by atoms with van der Waals surface area (Å²) in [5.74, 6) is -0.205. The van der Waals surface area contributed by atoms with E-state index in [0.717, 1.165) is 19.3 Å². The Bertz CT molecular complexity index is 1720. The van der Waals surface area contributed by atoms with E-state index in [1.807, 2.05) is 12.1 Å². The maximum atomic E-state index is 13.2. The monoisotopic (exact) mass is 560 g/mol. The second-order valence-electron chi connectivity index (χ2n) is 11.2. The lowest BCUT2D eigenvalue weighted by molar-refractivity contribution is -0.123. The van der Waals surface area contributed by atoms with Crippen LogP contribution in [0.3, 0.4) is 0 Å². The van der Waals surface area contributed by atoms with Gasteiger partial charge in [-0.2, -0.15) is 0 Å². The maximum Gasteiger partial charge on any atom is 0.339 e. The average Bonchev–Trinajstić information content (AvgIpc) is 3.72. The molecule has 7 rings (SSSR count). The summed E-state index contributed by atoms with van der Waals surface area (Å²) in [6.45, 7) is -0.409. The SMILES string of the molecule is COc1ccc(C(=O)COC(=O)c2cc(-c3ccc(N4C(=O)C5C6CCC(C6)C5C4=O)cc3)nc3ccccc23)cc1. The van der Waals surface area contributed by atoms with Gasteiger partial charge in [0.2, 0.25) is 11.8 Å². The number of fused-ring (bicyclic) bond motifs is 6. The van der Waals surface area contributed by atoms with Crippen molar-refractivity contribution in [1.82, 2.24) is 4.98 Å². The second-order valence-corrected chi connectivity index (χ2v) is 11.2. The van der Waals surface area contributed by atoms with Gasteiger partial charge in [0, 0.05) is 16.5 Å². The Morgan fingerprint density at radius 3 is 2.21 bits per heavy atom. The molecule has 1 aliphatic heterocycles. The smallest absolute Gasteiger partial charge is 0.339 e. The van der Waals surface area contributed by atoms with Crippen LogP contribution in [0.4, 0.5) is 5.69 Å². The highest BCUT2D eigenvalue weighted by atomic mass is 16.5. The molecule has 0 spiro atoms. The fraction of sp³-hybridized carbons (Fsp3) is 0.265. The fourth-order valence-corrected chi connectivity index (χ4v) is 7.01. The molecule has 2 heterocycles. The third-order valence-electron chi connectivity index (χ3n) is 9.03. The summed E-state index contributed by atoms with van der Waals surface area (Å²) in [6.07, 6.45) is 3.06. The van der Waals surface area contributed by atoms with E-state index in [9.17, 15) is 19.2 Å². The Labute approximate surface area is 242 Å². The highest BCUT2D eigenvalue weighted by Crippen LogP contribution is 2.56. The Kier molecular flexibility index (Phi) is 6.34. The number of carbonyl (C=O) groups is 4. The van der Waals surface area contributed by atoms with Crippen LogP contribution in [0, 0.1) is 23.7 Å². The van der Waals surface area contributed by atoms with Crippen molar-refractivity contribution in [1.29, 1.82) is 0 Å². The zero-order valence-electron chi connectivity index (χ0n) is 23.0. The van der Waals surface area contributed by atoms with Gasteiger partial charge in [-0.3, -0.25) is 19.3 Å². The maximum absolute atomic E-state index is 13.2. The number of para-hydroxylation sites is 1. The van der Waals surface area contributed by atoms with E-state index in [2.05, 4.69) is 0 Å². The second kappa shape index (κ2) is 10.2. The van der Waals surface area contributed by atoms with Gasteiger partial charge in [0.05, 0.1) is 41.4 Å². The first-order chi connectivity index (χ1) is 20.4. The molecule has 4 unspecified atom stereocenters. The van der Waals surface area contributed by atoms with Crippen LogP contribution in [-0.4, -0.2) is 42.3 Å². The Morgan fingerprint density at radius 1 is 0.881 bits per heavy atom. The molecule has 3 fully saturated rings. The van der Waals surface area contributed by atoms with Gasteiger partial charge in [-0.1, -0.05) is 30.3 Å². The molecule has 8 nitrogen and oxygen atoms in total. The number of Topliss-reactive ketones (excluding diaryl/α,β-unsaturated/α-hetero) is 1. The molecule has 3 aromatic carbocycles. The van der Waals surface area contributed by atoms with Gasteiger partial charge in [-0.05, 0) is 79.6 Å². The Balaban J connectivity index is 1.13. The molecule has 2 bridgehead atoms. The van der Waals surface area contributed by atoms with Gasteiger partial charge < -0.3 is 9.47 Å². The van der Waals surface area contributed by atoms with Gasteiger partial charge in [-0.25, -0.2) is 9.78 Å². The first kappa shape index (κ1) is 26.1. The quantitative estimate of drug-likeness (QED) is 0.167. The van der Waals surface area contributed by atoms with Crippen LogP contribution in [-0.2, 0) is 14.3 Å². The van der Waals surface area contributed by atoms with Crippen molar-refractivity contribution in [2.45, 2.75) is 19.3 Å². The summed E-state index contributed by atoms with van der Waals surface area (Å²) in [5, 5.41) is 0.606. The Hall–Kier alpha value is -4.85. The molecule has 42 heavy (non-hydrogen) atoms. The number of anilines is 1. The Morgan fingerprint density at radius 2 is 1.55 bits per heavy atom. The lowest BCUT2D eigenvalue weighted by atomic mass is 9.81. The summed E-state index contributed by atoms with van der Waals surface area (Å²) in [6, 6.07) is 22.6. The summed E-state index contributed by atoms with van der Waals surface area (Å²) in [7, 11) is 1.54. The predicted molar refractivity (Wildman–Crippen MR) is 155 cm³/mol. The van der Waals surface area contributed by atoms with Crippen molar-refractivity contribution in [3.63, 3.8) is 0 Å². The van der Waals surface area contributed by atoms with Crippen LogP contribution < -0.4 is 9.64 Å². The van der Waals surface area contributed by atoms with Crippen LogP contribution in [0.2, 0.25) is 0 Å². The number of methoxy groups -OCH3 is 1. The zero-order valence-corrected chi connectivity index (χ0v) is 23.0. The highest BCUT2D eigenvalue weighted by Gasteiger charge is 2.61. The predicted octanol–water partition coefficient (Wildman–Crippen LogP) is 5.49. The first-order valence-corrected chi connectivity index (χ1v) is 14.2. The summed E-state index contributed by atoms with van der Waals surface area (Å²) < 4.78 is 10.6. The van der Waals surface area contributed by atoms with Gasteiger partial charge >= 0.3 is 5.97 Å². The van der Waals surface area contributed by atoms with Crippen LogP contribution >= 0.6 is 0 Å². The summed E-state index contributed by atoms with van der Waals surface area (Å²) in [4.78, 5) is 58.5. The van der Waals surface area contributed by atoms with E-state index in [-0.39, 0.29) is 35.0 Å². The van der Waals surface area contributed by atoms with Gasteiger partial charge in [0.25, 0.3) is 0 Å². The van der Waals surface area contributed by atoms with Crippen molar-refractivity contribution in [3.8, 4) is 17.0 Å². The van der Waals surface area contributed by atoms with Crippen LogP contribution in [0.25, 0.3) is 22.2 Å². The number of ketones is 1. The number of aromatic nitrogens is 1. The van der Waals surface area contributed by atoms with Crippen molar-refractivity contribution >= 4 is 40.2 Å². The molecular weight excluding hydrogens is 532 g/mol. The van der Waals surface area contributed by atoms with E-state index in [1.165, 1.54) is 4.90 Å². The number of nitrogens with zero attached hydrogens (tertiary/aromatic N) is 2. The highest BCUT2D eigenvalue weighted by molar-refractivity contribution is 6.22. The third kappa shape index (κ3) is 4.26. The number of hydrogen-bond donors (Lipinski definition) is 0. The molecule has 3 aliphatic rings. The molecule has 2 amide bonds. The minimum Gasteiger partial charge on any atom is -0.497 e. The number of pyridine rings is 1. The number of hydrogen-bond acceptors (Lipinski definition) is 7. The van der Waals surface area contributed by atoms with Crippen molar-refractivity contribution in [2.24, 2.45) is 23.7 Å². The number of ether oxygens (including phenoxy) is 2. The van der Waals surface area contributed by atoms with Gasteiger partial charge in [0.1, 0.15) is 5.75 Å². The average molecular weight is 561 g/mol. The van der Waals surface area contributed by atoms with E-state index >= 15 is 0 Å². The number of imide groups is 1. The molecule has 2 saturated carbocycles. The lowest BCUT2D eigenvalue weighted by Gasteiger charge is -2.19. The lowest BCUT2D eigenvalue weighted by Crippen LogP contribution is -2.32. The molecule has 210 valence electrons. The minimum absolute atomic E-state index is 0.0806. The molecule has 1 saturated heterocycles. The van der Waals surface area contributed by atoms with Gasteiger partial charge in [-0.15, -0.1) is 0 Å². The minimum atomic E-state index is -0.636. The fourth-order valence-electron chi connectivity index (χ4n) is 7.01. The summed E-state index contributed by atoms with van der Waals surface area (Å²) >= 11 is 0. The largest absolute Gasteiger partial charge is 0.497 e. The topological polar surface area (TPSA) is 103 Å².